The van der Waals surface area contributed by atoms with Crippen molar-refractivity contribution in [2.75, 3.05) is 26.2 Å². The number of aryl methyl sites for hydroxylation is 1. The Morgan fingerprint density at radius 3 is 2.49 bits per heavy atom. The van der Waals surface area contributed by atoms with Crippen LogP contribution < -0.4 is 5.32 Å². The van der Waals surface area contributed by atoms with Crippen molar-refractivity contribution < 1.29 is 18.8 Å². The van der Waals surface area contributed by atoms with Crippen LogP contribution in [0.5, 0.6) is 0 Å². The maximum absolute atomic E-state index is 14.1. The molecule has 41 heavy (non-hydrogen) atoms. The van der Waals surface area contributed by atoms with Crippen LogP contribution in [0, 0.1) is 35.4 Å². The van der Waals surface area contributed by atoms with Crippen LogP contribution in [0.2, 0.25) is 0 Å². The molecule has 5 heterocycles. The normalized spacial score (nSPS) is 22.0. The quantitative estimate of drug-likeness (QED) is 0.467. The number of nitrogens with zero attached hydrogens (tertiary/aromatic N) is 7. The first kappa shape index (κ1) is 27.0. The Morgan fingerprint density at radius 2 is 1.80 bits per heavy atom. The molecule has 1 saturated carbocycles. The first-order valence-corrected chi connectivity index (χ1v) is 13.8. The van der Waals surface area contributed by atoms with Crippen LogP contribution in [0.3, 0.4) is 0 Å². The molecule has 0 radical (unpaired) electrons. The SMILES string of the molecule is Cc1ccc(CNC(=O)[C@@H]2CN(C(=O)c3cnn(Cc4ccncc4F)c3)CC23CN(C(=O)[C@H]2CC2(C)C)C3)nn1. The number of carbonyl (C=O) groups is 3. The molecule has 0 bridgehead atoms. The van der Waals surface area contributed by atoms with Crippen molar-refractivity contribution in [3.8, 4) is 0 Å². The molecular weight excluding hydrogens is 527 g/mol. The third kappa shape index (κ3) is 5.18. The monoisotopic (exact) mass is 560 g/mol. The maximum atomic E-state index is 14.1. The van der Waals surface area contributed by atoms with Gasteiger partial charge in [0.1, 0.15) is 5.82 Å². The van der Waals surface area contributed by atoms with Crippen LogP contribution in [0.15, 0.2) is 43.0 Å². The molecule has 2 saturated heterocycles. The number of aromatic nitrogens is 5. The van der Waals surface area contributed by atoms with Crippen molar-refractivity contribution in [1.29, 1.82) is 0 Å². The summed E-state index contributed by atoms with van der Waals surface area (Å²) in [5.41, 5.74) is 1.69. The van der Waals surface area contributed by atoms with Gasteiger partial charge in [0, 0.05) is 55.5 Å². The molecule has 214 valence electrons. The molecule has 1 N–H and O–H groups in total. The molecule has 11 nitrogen and oxygen atoms in total. The summed E-state index contributed by atoms with van der Waals surface area (Å²) >= 11 is 0. The van der Waals surface area contributed by atoms with E-state index in [0.29, 0.717) is 36.5 Å². The van der Waals surface area contributed by atoms with Crippen LogP contribution in [0.4, 0.5) is 4.39 Å². The second-order valence-electron chi connectivity index (χ2n) is 12.3. The van der Waals surface area contributed by atoms with Gasteiger partial charge in [0.25, 0.3) is 5.91 Å². The van der Waals surface area contributed by atoms with Crippen molar-refractivity contribution >= 4 is 17.7 Å². The lowest BCUT2D eigenvalue weighted by Gasteiger charge is -2.50. The van der Waals surface area contributed by atoms with Crippen molar-refractivity contribution in [1.82, 2.24) is 40.1 Å². The fourth-order valence-corrected chi connectivity index (χ4v) is 6.06. The molecule has 3 aromatic heterocycles. The average Bonchev–Trinajstić information content (AvgIpc) is 3.25. The molecule has 3 aromatic rings. The van der Waals surface area contributed by atoms with E-state index in [2.05, 4.69) is 39.4 Å². The van der Waals surface area contributed by atoms with Gasteiger partial charge in [-0.2, -0.15) is 15.3 Å². The number of amides is 3. The van der Waals surface area contributed by atoms with Gasteiger partial charge in [-0.15, -0.1) is 0 Å². The van der Waals surface area contributed by atoms with Crippen LogP contribution in [0.25, 0.3) is 0 Å². The molecular formula is C29H33FN8O3. The van der Waals surface area contributed by atoms with Crippen LogP contribution >= 0.6 is 0 Å². The fraction of sp³-hybridized carbons (Fsp3) is 0.483. The predicted octanol–water partition coefficient (Wildman–Crippen LogP) is 1.83. The molecule has 2 aliphatic heterocycles. The number of halogens is 1. The minimum Gasteiger partial charge on any atom is -0.350 e. The zero-order valence-electron chi connectivity index (χ0n) is 23.4. The summed E-state index contributed by atoms with van der Waals surface area (Å²) in [6, 6.07) is 5.23. The molecule has 6 rings (SSSR count). The molecule has 0 unspecified atom stereocenters. The largest absolute Gasteiger partial charge is 0.350 e. The molecule has 1 spiro atoms. The first-order valence-electron chi connectivity index (χ1n) is 13.8. The van der Waals surface area contributed by atoms with Crippen molar-refractivity contribution in [3.05, 3.63) is 71.3 Å². The summed E-state index contributed by atoms with van der Waals surface area (Å²) in [6.45, 7) is 7.87. The maximum Gasteiger partial charge on any atom is 0.257 e. The molecule has 1 aliphatic carbocycles. The van der Waals surface area contributed by atoms with Crippen molar-refractivity contribution in [2.45, 2.75) is 40.3 Å². The molecule has 3 fully saturated rings. The summed E-state index contributed by atoms with van der Waals surface area (Å²) < 4.78 is 15.6. The van der Waals surface area contributed by atoms with E-state index in [-0.39, 0.29) is 48.7 Å². The lowest BCUT2D eigenvalue weighted by Crippen LogP contribution is -2.64. The Balaban J connectivity index is 1.16. The minimum atomic E-state index is -0.524. The van der Waals surface area contributed by atoms with Crippen molar-refractivity contribution in [2.24, 2.45) is 22.7 Å². The standard InChI is InChI=1S/C29H33FN8O3/c1-18-4-5-21(35-34-18)10-32-25(39)23-14-36(15-29(23)16-37(17-29)27(41)22-8-28(22,2)3)26(40)20-9-33-38(13-20)12-19-6-7-31-11-24(19)30/h4-7,9,11,13,22-23H,8,10,12,14-17H2,1-3H3,(H,32,39)/t22-,23+/m1/s1. The Kier molecular flexibility index (Phi) is 6.58. The third-order valence-electron chi connectivity index (χ3n) is 8.75. The molecule has 12 heteroatoms. The van der Waals surface area contributed by atoms with E-state index >= 15 is 0 Å². The summed E-state index contributed by atoms with van der Waals surface area (Å²) in [4.78, 5) is 47.4. The number of rotatable bonds is 7. The van der Waals surface area contributed by atoms with Gasteiger partial charge in [0.15, 0.2) is 0 Å². The zero-order chi connectivity index (χ0) is 28.9. The zero-order valence-corrected chi connectivity index (χ0v) is 23.4. The fourth-order valence-electron chi connectivity index (χ4n) is 6.06. The van der Waals surface area contributed by atoms with Crippen LogP contribution in [-0.4, -0.2) is 78.7 Å². The number of hydrogen-bond donors (Lipinski definition) is 1. The smallest absolute Gasteiger partial charge is 0.257 e. The van der Waals surface area contributed by atoms with E-state index in [4.69, 9.17) is 0 Å². The summed E-state index contributed by atoms with van der Waals surface area (Å²) in [6.07, 6.45) is 6.56. The van der Waals surface area contributed by atoms with E-state index in [0.717, 1.165) is 18.3 Å². The summed E-state index contributed by atoms with van der Waals surface area (Å²) in [5, 5.41) is 15.4. The van der Waals surface area contributed by atoms with Gasteiger partial charge in [-0.25, -0.2) is 4.39 Å². The second-order valence-corrected chi connectivity index (χ2v) is 12.3. The number of nitrogens with one attached hydrogen (secondary N) is 1. The van der Waals surface area contributed by atoms with Gasteiger partial charge in [-0.3, -0.25) is 24.0 Å². The highest BCUT2D eigenvalue weighted by Gasteiger charge is 2.61. The van der Waals surface area contributed by atoms with E-state index in [1.807, 2.05) is 24.0 Å². The third-order valence-corrected chi connectivity index (χ3v) is 8.75. The predicted molar refractivity (Wildman–Crippen MR) is 144 cm³/mol. The Morgan fingerprint density at radius 1 is 1.05 bits per heavy atom. The number of carbonyl (C=O) groups excluding carboxylic acids is 3. The van der Waals surface area contributed by atoms with Crippen molar-refractivity contribution in [3.63, 3.8) is 0 Å². The van der Waals surface area contributed by atoms with Gasteiger partial charge >= 0.3 is 0 Å². The van der Waals surface area contributed by atoms with E-state index in [1.54, 1.807) is 17.2 Å². The second kappa shape index (κ2) is 10.0. The van der Waals surface area contributed by atoms with Crippen LogP contribution in [0.1, 0.15) is 47.6 Å². The van der Waals surface area contributed by atoms with E-state index < -0.39 is 17.2 Å². The van der Waals surface area contributed by atoms with Crippen LogP contribution in [-0.2, 0) is 22.7 Å². The summed E-state index contributed by atoms with van der Waals surface area (Å²) in [5.74, 6) is -1.21. The molecule has 3 amide bonds. The highest BCUT2D eigenvalue weighted by atomic mass is 19.1. The first-order chi connectivity index (χ1) is 19.5. The number of likely N-dealkylation sites (tertiary alicyclic amines) is 2. The Labute approximate surface area is 237 Å². The molecule has 2 atom stereocenters. The number of pyridine rings is 1. The van der Waals surface area contributed by atoms with Gasteiger partial charge in [0.05, 0.1) is 48.4 Å². The molecule has 3 aliphatic rings. The Hall–Kier alpha value is -4.22. The number of hydrogen-bond acceptors (Lipinski definition) is 7. The highest BCUT2D eigenvalue weighted by Crippen LogP contribution is 2.54. The lowest BCUT2D eigenvalue weighted by atomic mass is 9.71. The lowest BCUT2D eigenvalue weighted by molar-refractivity contribution is -0.151. The topological polar surface area (TPSA) is 126 Å². The summed E-state index contributed by atoms with van der Waals surface area (Å²) in [7, 11) is 0. The van der Waals surface area contributed by atoms with Gasteiger partial charge in [0.2, 0.25) is 11.8 Å². The molecule has 0 aromatic carbocycles. The highest BCUT2D eigenvalue weighted by molar-refractivity contribution is 5.95. The van der Waals surface area contributed by atoms with E-state index in [1.165, 1.54) is 17.1 Å². The minimum absolute atomic E-state index is 0.0162. The van der Waals surface area contributed by atoms with Gasteiger partial charge in [-0.05, 0) is 37.0 Å². The van der Waals surface area contributed by atoms with E-state index in [9.17, 15) is 18.8 Å². The Bertz CT molecular complexity index is 1500. The van der Waals surface area contributed by atoms with Gasteiger partial charge in [-0.1, -0.05) is 13.8 Å². The average molecular weight is 561 g/mol. The van der Waals surface area contributed by atoms with Gasteiger partial charge < -0.3 is 15.1 Å².